The van der Waals surface area contributed by atoms with Crippen molar-refractivity contribution in [2.75, 3.05) is 26.2 Å². The summed E-state index contributed by atoms with van der Waals surface area (Å²) in [6, 6.07) is 4.76. The van der Waals surface area contributed by atoms with Crippen molar-refractivity contribution in [2.45, 2.75) is 20.0 Å². The van der Waals surface area contributed by atoms with Crippen LogP contribution in [0.3, 0.4) is 0 Å². The monoisotopic (exact) mass is 292 g/mol. The molecular weight excluding hydrogens is 272 g/mol. The highest BCUT2D eigenvalue weighted by Crippen LogP contribution is 2.19. The predicted octanol–water partition coefficient (Wildman–Crippen LogP) is 0.366. The van der Waals surface area contributed by atoms with E-state index in [-0.39, 0.29) is 30.7 Å². The molecule has 2 N–H and O–H groups in total. The Bertz CT molecular complexity index is 559. The van der Waals surface area contributed by atoms with Crippen molar-refractivity contribution in [3.05, 3.63) is 29.3 Å². The third-order valence-electron chi connectivity index (χ3n) is 3.69. The zero-order valence-electron chi connectivity index (χ0n) is 12.2. The van der Waals surface area contributed by atoms with E-state index in [0.29, 0.717) is 24.2 Å². The molecule has 0 unspecified atom stereocenters. The SMILES string of the molecule is CC(=O)N1CCN(C(=O)c2ccc(C)c(O)c2)C[C@H](O)C1. The molecule has 21 heavy (non-hydrogen) atoms. The molecule has 0 spiro atoms. The number of aliphatic hydroxyl groups is 1. The minimum absolute atomic E-state index is 0.0709. The van der Waals surface area contributed by atoms with Crippen molar-refractivity contribution in [3.63, 3.8) is 0 Å². The van der Waals surface area contributed by atoms with Crippen LogP contribution in [0.25, 0.3) is 0 Å². The molecule has 1 aliphatic heterocycles. The number of carbonyl (C=O) groups excluding carboxylic acids is 2. The number of hydrogen-bond acceptors (Lipinski definition) is 4. The molecule has 1 atom stereocenters. The first-order valence-electron chi connectivity index (χ1n) is 6.91. The molecule has 6 nitrogen and oxygen atoms in total. The second-order valence-electron chi connectivity index (χ2n) is 5.37. The van der Waals surface area contributed by atoms with Gasteiger partial charge in [-0.3, -0.25) is 9.59 Å². The van der Waals surface area contributed by atoms with Crippen LogP contribution in [0.15, 0.2) is 18.2 Å². The normalized spacial score (nSPS) is 19.3. The molecule has 1 saturated heterocycles. The van der Waals surface area contributed by atoms with Gasteiger partial charge in [0, 0.05) is 38.7 Å². The van der Waals surface area contributed by atoms with E-state index < -0.39 is 6.10 Å². The van der Waals surface area contributed by atoms with E-state index in [1.807, 2.05) is 0 Å². The Hall–Kier alpha value is -2.08. The van der Waals surface area contributed by atoms with Crippen LogP contribution < -0.4 is 0 Å². The summed E-state index contributed by atoms with van der Waals surface area (Å²) in [4.78, 5) is 26.9. The molecule has 6 heteroatoms. The van der Waals surface area contributed by atoms with E-state index in [0.717, 1.165) is 0 Å². The van der Waals surface area contributed by atoms with E-state index in [4.69, 9.17) is 0 Å². The zero-order valence-corrected chi connectivity index (χ0v) is 12.2. The van der Waals surface area contributed by atoms with Gasteiger partial charge in [-0.05, 0) is 24.6 Å². The molecule has 1 heterocycles. The molecule has 114 valence electrons. The van der Waals surface area contributed by atoms with Crippen LogP contribution in [0, 0.1) is 6.92 Å². The number of β-amino-alcohol motifs (C(OH)–C–C–N with tert-alkyl or cyclic N) is 1. The number of benzene rings is 1. The summed E-state index contributed by atoms with van der Waals surface area (Å²) in [5.74, 6) is -0.298. The summed E-state index contributed by atoms with van der Waals surface area (Å²) in [7, 11) is 0. The van der Waals surface area contributed by atoms with Crippen LogP contribution in [0.5, 0.6) is 5.75 Å². The number of aromatic hydroxyl groups is 1. The van der Waals surface area contributed by atoms with Gasteiger partial charge in [0.25, 0.3) is 5.91 Å². The van der Waals surface area contributed by atoms with Gasteiger partial charge in [-0.1, -0.05) is 6.07 Å². The van der Waals surface area contributed by atoms with Crippen molar-refractivity contribution >= 4 is 11.8 Å². The number of aryl methyl sites for hydroxylation is 1. The Morgan fingerprint density at radius 1 is 1.19 bits per heavy atom. The fraction of sp³-hybridized carbons (Fsp3) is 0.467. The highest BCUT2D eigenvalue weighted by atomic mass is 16.3. The van der Waals surface area contributed by atoms with E-state index in [2.05, 4.69) is 0 Å². The predicted molar refractivity (Wildman–Crippen MR) is 77.0 cm³/mol. The van der Waals surface area contributed by atoms with Crippen molar-refractivity contribution < 1.29 is 19.8 Å². The number of hydrogen-bond donors (Lipinski definition) is 2. The molecule has 0 aliphatic carbocycles. The molecule has 0 saturated carbocycles. The van der Waals surface area contributed by atoms with Crippen LogP contribution in [0.4, 0.5) is 0 Å². The van der Waals surface area contributed by atoms with Crippen molar-refractivity contribution in [3.8, 4) is 5.75 Å². The largest absolute Gasteiger partial charge is 0.508 e. The second kappa shape index (κ2) is 6.13. The lowest BCUT2D eigenvalue weighted by atomic mass is 10.1. The highest BCUT2D eigenvalue weighted by molar-refractivity contribution is 5.94. The Morgan fingerprint density at radius 3 is 2.43 bits per heavy atom. The molecule has 0 radical (unpaired) electrons. The number of carbonyl (C=O) groups is 2. The smallest absolute Gasteiger partial charge is 0.254 e. The van der Waals surface area contributed by atoms with Crippen molar-refractivity contribution in [1.82, 2.24) is 9.80 Å². The summed E-state index contributed by atoms with van der Waals surface area (Å²) >= 11 is 0. The maximum Gasteiger partial charge on any atom is 0.254 e. The Balaban J connectivity index is 2.15. The molecule has 2 rings (SSSR count). The topological polar surface area (TPSA) is 81.1 Å². The van der Waals surface area contributed by atoms with Crippen LogP contribution in [0.1, 0.15) is 22.8 Å². The van der Waals surface area contributed by atoms with Crippen LogP contribution in [-0.2, 0) is 4.79 Å². The van der Waals surface area contributed by atoms with Crippen LogP contribution in [-0.4, -0.2) is 64.1 Å². The Labute approximate surface area is 123 Å². The summed E-state index contributed by atoms with van der Waals surface area (Å²) in [6.07, 6.45) is -0.764. The summed E-state index contributed by atoms with van der Waals surface area (Å²) in [5, 5.41) is 19.6. The first-order chi connectivity index (χ1) is 9.88. The van der Waals surface area contributed by atoms with E-state index >= 15 is 0 Å². The maximum atomic E-state index is 12.4. The van der Waals surface area contributed by atoms with Crippen LogP contribution in [0.2, 0.25) is 0 Å². The summed E-state index contributed by atoms with van der Waals surface area (Å²) < 4.78 is 0. The van der Waals surface area contributed by atoms with E-state index in [1.54, 1.807) is 19.1 Å². The summed E-state index contributed by atoms with van der Waals surface area (Å²) in [5.41, 5.74) is 1.08. The van der Waals surface area contributed by atoms with Gasteiger partial charge in [-0.15, -0.1) is 0 Å². The van der Waals surface area contributed by atoms with Gasteiger partial charge in [-0.2, -0.15) is 0 Å². The molecule has 1 aliphatic rings. The van der Waals surface area contributed by atoms with E-state index in [9.17, 15) is 19.8 Å². The number of nitrogens with zero attached hydrogens (tertiary/aromatic N) is 2. The minimum atomic E-state index is -0.764. The lowest BCUT2D eigenvalue weighted by Crippen LogP contribution is -2.37. The molecular formula is C15H20N2O4. The van der Waals surface area contributed by atoms with Gasteiger partial charge < -0.3 is 20.0 Å². The Kier molecular flexibility index (Phi) is 4.47. The second-order valence-corrected chi connectivity index (χ2v) is 5.37. The quantitative estimate of drug-likeness (QED) is 0.783. The van der Waals surface area contributed by atoms with Gasteiger partial charge in [0.05, 0.1) is 6.10 Å². The fourth-order valence-corrected chi connectivity index (χ4v) is 2.39. The zero-order chi connectivity index (χ0) is 15.6. The van der Waals surface area contributed by atoms with Gasteiger partial charge in [0.2, 0.25) is 5.91 Å². The number of phenols is 1. The molecule has 1 aromatic carbocycles. The maximum absolute atomic E-state index is 12.4. The highest BCUT2D eigenvalue weighted by Gasteiger charge is 2.26. The number of rotatable bonds is 1. The minimum Gasteiger partial charge on any atom is -0.508 e. The third-order valence-corrected chi connectivity index (χ3v) is 3.69. The summed E-state index contributed by atoms with van der Waals surface area (Å²) in [6.45, 7) is 4.38. The number of amides is 2. The first-order valence-corrected chi connectivity index (χ1v) is 6.91. The fourth-order valence-electron chi connectivity index (χ4n) is 2.39. The molecule has 1 aromatic rings. The molecule has 2 amide bonds. The van der Waals surface area contributed by atoms with Gasteiger partial charge in [-0.25, -0.2) is 0 Å². The standard InChI is InChI=1S/C15H20N2O4/c1-10-3-4-12(7-14(10)20)15(21)17-6-5-16(11(2)18)8-13(19)9-17/h3-4,7,13,19-20H,5-6,8-9H2,1-2H3/t13-/m1/s1. The number of phenolic OH excluding ortho intramolecular Hbond substituents is 1. The lowest BCUT2D eigenvalue weighted by molar-refractivity contribution is -0.129. The average Bonchev–Trinajstić information content (AvgIpc) is 2.63. The lowest BCUT2D eigenvalue weighted by Gasteiger charge is -2.21. The van der Waals surface area contributed by atoms with E-state index in [1.165, 1.54) is 22.8 Å². The van der Waals surface area contributed by atoms with Crippen molar-refractivity contribution in [2.24, 2.45) is 0 Å². The number of aliphatic hydroxyl groups excluding tert-OH is 1. The third kappa shape index (κ3) is 3.52. The first kappa shape index (κ1) is 15.3. The molecule has 1 fully saturated rings. The van der Waals surface area contributed by atoms with Crippen molar-refractivity contribution in [1.29, 1.82) is 0 Å². The Morgan fingerprint density at radius 2 is 1.81 bits per heavy atom. The molecule has 0 bridgehead atoms. The van der Waals surface area contributed by atoms with Crippen LogP contribution >= 0.6 is 0 Å². The van der Waals surface area contributed by atoms with Gasteiger partial charge in [0.15, 0.2) is 0 Å². The molecule has 0 aromatic heterocycles. The average molecular weight is 292 g/mol. The van der Waals surface area contributed by atoms with Gasteiger partial charge in [0.1, 0.15) is 5.75 Å². The van der Waals surface area contributed by atoms with Gasteiger partial charge >= 0.3 is 0 Å².